The van der Waals surface area contributed by atoms with Gasteiger partial charge < -0.3 is 10.1 Å². The van der Waals surface area contributed by atoms with Crippen LogP contribution in [0, 0.1) is 21.4 Å². The second kappa shape index (κ2) is 10.4. The van der Waals surface area contributed by atoms with E-state index in [0.717, 1.165) is 5.56 Å². The van der Waals surface area contributed by atoms with Gasteiger partial charge in [0.05, 0.1) is 9.95 Å². The molecule has 1 amide bonds. The molecule has 0 aliphatic rings. The van der Waals surface area contributed by atoms with E-state index in [1.54, 1.807) is 0 Å². The van der Waals surface area contributed by atoms with E-state index in [4.69, 9.17) is 27.9 Å². The van der Waals surface area contributed by atoms with Gasteiger partial charge in [-0.1, -0.05) is 59.6 Å². The summed E-state index contributed by atoms with van der Waals surface area (Å²) in [6, 6.07) is 19.6. The Kier molecular flexibility index (Phi) is 7.45. The number of carbonyl (C=O) groups is 1. The lowest BCUT2D eigenvalue weighted by molar-refractivity contribution is -0.384. The van der Waals surface area contributed by atoms with Crippen LogP contribution in [-0.2, 0) is 11.4 Å². The molecule has 7 nitrogen and oxygen atoms in total. The van der Waals surface area contributed by atoms with Gasteiger partial charge in [-0.05, 0) is 29.8 Å². The molecule has 0 fully saturated rings. The molecule has 0 aliphatic carbocycles. The first-order valence-electron chi connectivity index (χ1n) is 9.20. The number of nitro groups is 1. The summed E-state index contributed by atoms with van der Waals surface area (Å²) in [5.41, 5.74) is 0.958. The Hall–Kier alpha value is -3.86. The molecule has 0 spiro atoms. The van der Waals surface area contributed by atoms with Crippen molar-refractivity contribution < 1.29 is 14.5 Å². The summed E-state index contributed by atoms with van der Waals surface area (Å²) in [6.07, 6.45) is 1.30. The highest BCUT2D eigenvalue weighted by molar-refractivity contribution is 6.36. The van der Waals surface area contributed by atoms with E-state index in [1.165, 1.54) is 42.5 Å². The first-order valence-corrected chi connectivity index (χ1v) is 9.96. The van der Waals surface area contributed by atoms with Crippen LogP contribution in [0.1, 0.15) is 11.1 Å². The molecule has 32 heavy (non-hydrogen) atoms. The van der Waals surface area contributed by atoms with E-state index in [0.29, 0.717) is 10.6 Å². The van der Waals surface area contributed by atoms with Gasteiger partial charge in [-0.2, -0.15) is 5.26 Å². The molecule has 0 aromatic heterocycles. The zero-order chi connectivity index (χ0) is 23.1. The Bertz CT molecular complexity index is 1240. The van der Waals surface area contributed by atoms with E-state index in [2.05, 4.69) is 5.32 Å². The lowest BCUT2D eigenvalue weighted by Crippen LogP contribution is -2.13. The maximum atomic E-state index is 12.6. The molecule has 0 unspecified atom stereocenters. The lowest BCUT2D eigenvalue weighted by atomic mass is 10.1. The molecule has 3 rings (SSSR count). The fourth-order valence-corrected chi connectivity index (χ4v) is 3.33. The number of amides is 1. The number of hydrogen-bond acceptors (Lipinski definition) is 5. The van der Waals surface area contributed by atoms with Crippen LogP contribution >= 0.6 is 23.2 Å². The molecule has 3 aromatic carbocycles. The minimum atomic E-state index is -0.752. The number of anilines is 1. The number of rotatable bonds is 7. The molecule has 160 valence electrons. The smallest absolute Gasteiger partial charge is 0.271 e. The third-order valence-corrected chi connectivity index (χ3v) is 4.74. The monoisotopic (exact) mass is 467 g/mol. The van der Waals surface area contributed by atoms with Gasteiger partial charge in [-0.3, -0.25) is 14.9 Å². The normalized spacial score (nSPS) is 10.8. The minimum Gasteiger partial charge on any atom is -0.487 e. The number of ether oxygens (including phenoxy) is 1. The lowest BCUT2D eigenvalue weighted by Gasteiger charge is -2.12. The van der Waals surface area contributed by atoms with Crippen molar-refractivity contribution in [2.75, 3.05) is 5.32 Å². The van der Waals surface area contributed by atoms with Crippen LogP contribution in [-0.4, -0.2) is 10.8 Å². The Balaban J connectivity index is 1.89. The maximum Gasteiger partial charge on any atom is 0.271 e. The summed E-state index contributed by atoms with van der Waals surface area (Å²) in [6.45, 7) is 0.213. The number of non-ortho nitro benzene ring substituents is 1. The van der Waals surface area contributed by atoms with Gasteiger partial charge in [0, 0.05) is 28.4 Å². The molecule has 0 saturated heterocycles. The molecule has 1 N–H and O–H groups in total. The highest BCUT2D eigenvalue weighted by Gasteiger charge is 2.16. The van der Waals surface area contributed by atoms with Crippen LogP contribution in [0.15, 0.2) is 72.3 Å². The first-order chi connectivity index (χ1) is 15.4. The highest BCUT2D eigenvalue weighted by Crippen LogP contribution is 2.34. The van der Waals surface area contributed by atoms with E-state index in [-0.39, 0.29) is 34.3 Å². The molecule has 0 atom stereocenters. The van der Waals surface area contributed by atoms with Crippen LogP contribution in [0.25, 0.3) is 6.08 Å². The fraction of sp³-hybridized carbons (Fsp3) is 0.0435. The predicted octanol–water partition coefficient (Wildman–Crippen LogP) is 6.03. The largest absolute Gasteiger partial charge is 0.487 e. The Labute approximate surface area is 193 Å². The SMILES string of the molecule is N#C/C(=C\c1cc(Cl)cc(Cl)c1OCc1ccccc1)C(=O)Nc1cccc([N+](=O)[O-])c1. The third-order valence-electron chi connectivity index (χ3n) is 4.24. The number of halogens is 2. The van der Waals surface area contributed by atoms with Crippen molar-refractivity contribution in [1.82, 2.24) is 0 Å². The van der Waals surface area contributed by atoms with Gasteiger partial charge >= 0.3 is 0 Å². The summed E-state index contributed by atoms with van der Waals surface area (Å²) in [7, 11) is 0. The van der Waals surface area contributed by atoms with Gasteiger partial charge in [0.15, 0.2) is 0 Å². The van der Waals surface area contributed by atoms with Crippen molar-refractivity contribution in [3.05, 3.63) is 104 Å². The van der Waals surface area contributed by atoms with Crippen molar-refractivity contribution in [3.63, 3.8) is 0 Å². The first kappa shape index (κ1) is 22.8. The van der Waals surface area contributed by atoms with Crippen LogP contribution in [0.5, 0.6) is 5.75 Å². The van der Waals surface area contributed by atoms with E-state index in [9.17, 15) is 20.2 Å². The van der Waals surface area contributed by atoms with Crippen molar-refractivity contribution in [3.8, 4) is 11.8 Å². The standard InChI is InChI=1S/C23H15Cl2N3O4/c24-18-10-16(22(21(25)11-18)32-14-15-5-2-1-3-6-15)9-17(13-26)23(29)27-19-7-4-8-20(12-19)28(30)31/h1-12H,14H2,(H,27,29)/b17-9+. The zero-order valence-electron chi connectivity index (χ0n) is 16.4. The van der Waals surface area contributed by atoms with Crippen LogP contribution in [0.2, 0.25) is 10.0 Å². The zero-order valence-corrected chi connectivity index (χ0v) is 17.9. The number of nitrogens with one attached hydrogen (secondary N) is 1. The van der Waals surface area contributed by atoms with Gasteiger partial charge in [0.1, 0.15) is 24.0 Å². The average Bonchev–Trinajstić information content (AvgIpc) is 2.77. The Morgan fingerprint density at radius 2 is 1.88 bits per heavy atom. The Morgan fingerprint density at radius 1 is 1.12 bits per heavy atom. The van der Waals surface area contributed by atoms with Gasteiger partial charge in [0.25, 0.3) is 11.6 Å². The number of carbonyl (C=O) groups excluding carboxylic acids is 1. The molecule has 9 heteroatoms. The summed E-state index contributed by atoms with van der Waals surface area (Å²) in [5, 5.41) is 23.4. The van der Waals surface area contributed by atoms with Crippen molar-refractivity contribution in [2.24, 2.45) is 0 Å². The second-order valence-corrected chi connectivity index (χ2v) is 7.36. The van der Waals surface area contributed by atoms with E-state index >= 15 is 0 Å². The Morgan fingerprint density at radius 3 is 2.56 bits per heavy atom. The third kappa shape index (κ3) is 5.85. The van der Waals surface area contributed by atoms with Crippen LogP contribution < -0.4 is 10.1 Å². The number of nitrogens with zero attached hydrogens (tertiary/aromatic N) is 2. The predicted molar refractivity (Wildman–Crippen MR) is 123 cm³/mol. The second-order valence-electron chi connectivity index (χ2n) is 6.51. The highest BCUT2D eigenvalue weighted by atomic mass is 35.5. The average molecular weight is 468 g/mol. The quantitative estimate of drug-likeness (QED) is 0.197. The number of benzene rings is 3. The summed E-state index contributed by atoms with van der Waals surface area (Å²) < 4.78 is 5.84. The molecule has 3 aromatic rings. The van der Waals surface area contributed by atoms with Crippen LogP contribution in [0.3, 0.4) is 0 Å². The maximum absolute atomic E-state index is 12.6. The molecule has 0 aliphatic heterocycles. The van der Waals surface area contributed by atoms with Gasteiger partial charge in [0.2, 0.25) is 0 Å². The fourth-order valence-electron chi connectivity index (χ4n) is 2.77. The topological polar surface area (TPSA) is 105 Å². The molecule has 0 bridgehead atoms. The summed E-state index contributed by atoms with van der Waals surface area (Å²) in [4.78, 5) is 23.0. The number of nitro benzene ring substituents is 1. The van der Waals surface area contributed by atoms with Crippen molar-refractivity contribution in [2.45, 2.75) is 6.61 Å². The molecule has 0 saturated carbocycles. The van der Waals surface area contributed by atoms with E-state index < -0.39 is 10.8 Å². The number of hydrogen-bond donors (Lipinski definition) is 1. The minimum absolute atomic E-state index is 0.176. The van der Waals surface area contributed by atoms with Gasteiger partial charge in [-0.15, -0.1) is 0 Å². The molecular formula is C23H15Cl2N3O4. The summed E-state index contributed by atoms with van der Waals surface area (Å²) >= 11 is 12.4. The number of nitriles is 1. The molecule has 0 heterocycles. The molecule has 0 radical (unpaired) electrons. The van der Waals surface area contributed by atoms with E-state index in [1.807, 2.05) is 36.4 Å². The van der Waals surface area contributed by atoms with Crippen molar-refractivity contribution >= 4 is 46.6 Å². The molecular weight excluding hydrogens is 453 g/mol. The van der Waals surface area contributed by atoms with Crippen molar-refractivity contribution in [1.29, 1.82) is 5.26 Å². The van der Waals surface area contributed by atoms with Gasteiger partial charge in [-0.25, -0.2) is 0 Å². The summed E-state index contributed by atoms with van der Waals surface area (Å²) in [5.74, 6) is -0.492. The van der Waals surface area contributed by atoms with Crippen LogP contribution in [0.4, 0.5) is 11.4 Å².